The van der Waals surface area contributed by atoms with E-state index >= 15 is 0 Å². The van der Waals surface area contributed by atoms with E-state index in [1.54, 1.807) is 30.5 Å². The van der Waals surface area contributed by atoms with Crippen molar-refractivity contribution in [3.63, 3.8) is 0 Å². The number of hydrogen-bond acceptors (Lipinski definition) is 6. The van der Waals surface area contributed by atoms with Crippen molar-refractivity contribution >= 4 is 15.9 Å². The molecule has 0 unspecified atom stereocenters. The Morgan fingerprint density at radius 2 is 1.93 bits per heavy atom. The molecule has 27 heavy (non-hydrogen) atoms. The summed E-state index contributed by atoms with van der Waals surface area (Å²) in [5.74, 6) is 0.508. The number of aromatic nitrogens is 3. The van der Waals surface area contributed by atoms with Gasteiger partial charge in [0.15, 0.2) is 5.69 Å². The number of methoxy groups -OCH3 is 1. The standard InChI is InChI=1S/C17H23N5O4S/c1-4-27(24,25)21-10-8-20(9-11-21)17(23)16-13(2)22(19-18-16)14-6-5-7-15(12-14)26-3/h5-7,12H,4,8-11H2,1-3H3. The number of carbonyl (C=O) groups excluding carboxylic acids is 1. The second-order valence-electron chi connectivity index (χ2n) is 6.23. The van der Waals surface area contributed by atoms with Gasteiger partial charge in [-0.15, -0.1) is 5.10 Å². The summed E-state index contributed by atoms with van der Waals surface area (Å²) >= 11 is 0. The number of nitrogens with zero attached hydrogens (tertiary/aromatic N) is 5. The van der Waals surface area contributed by atoms with Crippen LogP contribution in [0.1, 0.15) is 23.1 Å². The number of piperazine rings is 1. The molecule has 1 aliphatic heterocycles. The first-order chi connectivity index (χ1) is 12.9. The quantitative estimate of drug-likeness (QED) is 0.741. The lowest BCUT2D eigenvalue weighted by molar-refractivity contribution is 0.0691. The minimum atomic E-state index is -3.23. The van der Waals surface area contributed by atoms with E-state index in [0.29, 0.717) is 37.6 Å². The summed E-state index contributed by atoms with van der Waals surface area (Å²) in [6, 6.07) is 7.33. The molecule has 1 aromatic heterocycles. The molecule has 0 aliphatic carbocycles. The van der Waals surface area contributed by atoms with Crippen LogP contribution in [0.15, 0.2) is 24.3 Å². The number of hydrogen-bond donors (Lipinski definition) is 0. The average molecular weight is 393 g/mol. The summed E-state index contributed by atoms with van der Waals surface area (Å²) in [6.07, 6.45) is 0. The number of sulfonamides is 1. The van der Waals surface area contributed by atoms with E-state index in [2.05, 4.69) is 10.3 Å². The van der Waals surface area contributed by atoms with Gasteiger partial charge in [0.05, 0.1) is 24.2 Å². The first kappa shape index (κ1) is 19.3. The van der Waals surface area contributed by atoms with Crippen molar-refractivity contribution in [3.05, 3.63) is 35.7 Å². The van der Waals surface area contributed by atoms with Crippen molar-refractivity contribution in [1.82, 2.24) is 24.2 Å². The molecule has 1 fully saturated rings. The van der Waals surface area contributed by atoms with Gasteiger partial charge in [0.25, 0.3) is 5.91 Å². The van der Waals surface area contributed by atoms with E-state index in [1.807, 2.05) is 24.3 Å². The van der Waals surface area contributed by atoms with Gasteiger partial charge in [0.1, 0.15) is 5.75 Å². The van der Waals surface area contributed by atoms with Gasteiger partial charge in [-0.2, -0.15) is 4.31 Å². The Kier molecular flexibility index (Phi) is 5.47. The monoisotopic (exact) mass is 393 g/mol. The molecular formula is C17H23N5O4S. The van der Waals surface area contributed by atoms with Gasteiger partial charge in [-0.3, -0.25) is 4.79 Å². The highest BCUT2D eigenvalue weighted by Gasteiger charge is 2.30. The molecule has 2 aromatic rings. The second kappa shape index (κ2) is 7.65. The predicted octanol–water partition coefficient (Wildman–Crippen LogP) is 0.692. The molecule has 0 atom stereocenters. The van der Waals surface area contributed by atoms with Gasteiger partial charge in [-0.05, 0) is 26.0 Å². The van der Waals surface area contributed by atoms with Crippen molar-refractivity contribution in [3.8, 4) is 11.4 Å². The number of ether oxygens (including phenoxy) is 1. The summed E-state index contributed by atoms with van der Waals surface area (Å²) in [5.41, 5.74) is 1.64. The maximum Gasteiger partial charge on any atom is 0.276 e. The first-order valence-corrected chi connectivity index (χ1v) is 10.3. The molecule has 1 saturated heterocycles. The fourth-order valence-electron chi connectivity index (χ4n) is 3.02. The molecule has 0 saturated carbocycles. The van der Waals surface area contributed by atoms with Crippen molar-refractivity contribution in [1.29, 1.82) is 0 Å². The van der Waals surface area contributed by atoms with Gasteiger partial charge in [-0.25, -0.2) is 13.1 Å². The summed E-state index contributed by atoms with van der Waals surface area (Å²) in [5, 5.41) is 8.16. The van der Waals surface area contributed by atoms with E-state index in [1.165, 1.54) is 4.31 Å². The Labute approximate surface area is 158 Å². The molecule has 9 nitrogen and oxygen atoms in total. The van der Waals surface area contributed by atoms with Crippen LogP contribution in [0.3, 0.4) is 0 Å². The SMILES string of the molecule is CCS(=O)(=O)N1CCN(C(=O)c2nnn(-c3cccc(OC)c3)c2C)CC1. The highest BCUT2D eigenvalue weighted by atomic mass is 32.2. The third kappa shape index (κ3) is 3.81. The molecule has 1 aromatic carbocycles. The predicted molar refractivity (Wildman–Crippen MR) is 99.6 cm³/mol. The molecule has 146 valence electrons. The largest absolute Gasteiger partial charge is 0.497 e. The molecule has 0 radical (unpaired) electrons. The number of carbonyl (C=O) groups is 1. The number of rotatable bonds is 5. The Morgan fingerprint density at radius 1 is 1.22 bits per heavy atom. The van der Waals surface area contributed by atoms with Crippen LogP contribution in [0.2, 0.25) is 0 Å². The summed E-state index contributed by atoms with van der Waals surface area (Å²) in [4.78, 5) is 14.5. The van der Waals surface area contributed by atoms with Gasteiger partial charge >= 0.3 is 0 Å². The fourth-order valence-corrected chi connectivity index (χ4v) is 4.10. The van der Waals surface area contributed by atoms with E-state index in [0.717, 1.165) is 5.69 Å². The first-order valence-electron chi connectivity index (χ1n) is 8.71. The highest BCUT2D eigenvalue weighted by Crippen LogP contribution is 2.19. The number of amides is 1. The Hall–Kier alpha value is -2.46. The lowest BCUT2D eigenvalue weighted by Crippen LogP contribution is -2.51. The van der Waals surface area contributed by atoms with Crippen LogP contribution in [0, 0.1) is 6.92 Å². The van der Waals surface area contributed by atoms with E-state index in [4.69, 9.17) is 4.74 Å². The summed E-state index contributed by atoms with van der Waals surface area (Å²) in [6.45, 7) is 4.67. The van der Waals surface area contributed by atoms with Crippen LogP contribution in [0.25, 0.3) is 5.69 Å². The van der Waals surface area contributed by atoms with Crippen molar-refractivity contribution in [2.45, 2.75) is 13.8 Å². The minimum absolute atomic E-state index is 0.0644. The van der Waals surface area contributed by atoms with Crippen LogP contribution < -0.4 is 4.74 Å². The van der Waals surface area contributed by atoms with Crippen molar-refractivity contribution in [2.24, 2.45) is 0 Å². The van der Waals surface area contributed by atoms with Crippen LogP contribution in [0.5, 0.6) is 5.75 Å². The lowest BCUT2D eigenvalue weighted by Gasteiger charge is -2.33. The van der Waals surface area contributed by atoms with E-state index < -0.39 is 10.0 Å². The maximum absolute atomic E-state index is 12.8. The van der Waals surface area contributed by atoms with Gasteiger partial charge in [0, 0.05) is 32.2 Å². The van der Waals surface area contributed by atoms with Crippen molar-refractivity contribution < 1.29 is 17.9 Å². The second-order valence-corrected chi connectivity index (χ2v) is 8.49. The Morgan fingerprint density at radius 3 is 2.56 bits per heavy atom. The fraction of sp³-hybridized carbons (Fsp3) is 0.471. The van der Waals surface area contributed by atoms with Crippen LogP contribution >= 0.6 is 0 Å². The van der Waals surface area contributed by atoms with Gasteiger partial charge in [-0.1, -0.05) is 11.3 Å². The zero-order valence-electron chi connectivity index (χ0n) is 15.6. The lowest BCUT2D eigenvalue weighted by atomic mass is 10.2. The highest BCUT2D eigenvalue weighted by molar-refractivity contribution is 7.89. The molecule has 2 heterocycles. The average Bonchev–Trinajstić information content (AvgIpc) is 3.09. The normalized spacial score (nSPS) is 15.7. The van der Waals surface area contributed by atoms with Crippen LogP contribution in [-0.4, -0.2) is 77.6 Å². The molecule has 0 spiro atoms. The molecule has 10 heteroatoms. The maximum atomic E-state index is 12.8. The summed E-state index contributed by atoms with van der Waals surface area (Å²) in [7, 11) is -1.65. The molecule has 1 amide bonds. The Balaban J connectivity index is 1.76. The van der Waals surface area contributed by atoms with Gasteiger partial charge in [0.2, 0.25) is 10.0 Å². The molecule has 0 bridgehead atoms. The third-order valence-corrected chi connectivity index (χ3v) is 6.56. The minimum Gasteiger partial charge on any atom is -0.497 e. The van der Waals surface area contributed by atoms with Crippen molar-refractivity contribution in [2.75, 3.05) is 39.0 Å². The van der Waals surface area contributed by atoms with E-state index in [-0.39, 0.29) is 17.4 Å². The molecule has 1 aliphatic rings. The zero-order valence-corrected chi connectivity index (χ0v) is 16.4. The topological polar surface area (TPSA) is 97.6 Å². The van der Waals surface area contributed by atoms with Gasteiger partial charge < -0.3 is 9.64 Å². The Bertz CT molecular complexity index is 933. The zero-order chi connectivity index (χ0) is 19.6. The van der Waals surface area contributed by atoms with E-state index in [9.17, 15) is 13.2 Å². The number of benzene rings is 1. The van der Waals surface area contributed by atoms with Crippen LogP contribution in [0.4, 0.5) is 0 Å². The molecular weight excluding hydrogens is 370 g/mol. The molecule has 0 N–H and O–H groups in total. The van der Waals surface area contributed by atoms with Crippen LogP contribution in [-0.2, 0) is 10.0 Å². The smallest absolute Gasteiger partial charge is 0.276 e. The summed E-state index contributed by atoms with van der Waals surface area (Å²) < 4.78 is 32.1. The molecule has 3 rings (SSSR count). The third-order valence-electron chi connectivity index (χ3n) is 4.68.